The maximum atomic E-state index is 14.5. The van der Waals surface area contributed by atoms with Crippen molar-refractivity contribution in [3.63, 3.8) is 0 Å². The average Bonchev–Trinajstić information content (AvgIpc) is 3.27. The van der Waals surface area contributed by atoms with Crippen LogP contribution in [0.2, 0.25) is 0 Å². The minimum Gasteiger partial charge on any atom is -0.481 e. The zero-order valence-corrected chi connectivity index (χ0v) is 20.9. The number of carbonyl (C=O) groups excluding carboxylic acids is 1. The Balaban J connectivity index is 1.43. The van der Waals surface area contributed by atoms with Gasteiger partial charge in [0.15, 0.2) is 0 Å². The summed E-state index contributed by atoms with van der Waals surface area (Å²) in [5, 5.41) is 10.8. The van der Waals surface area contributed by atoms with Crippen LogP contribution in [0.1, 0.15) is 56.9 Å². The highest BCUT2D eigenvalue weighted by Gasteiger charge is 2.56. The van der Waals surface area contributed by atoms with Crippen LogP contribution in [0.3, 0.4) is 0 Å². The van der Waals surface area contributed by atoms with Crippen molar-refractivity contribution in [1.29, 1.82) is 0 Å². The number of hydrogen-bond acceptors (Lipinski definition) is 3. The molecule has 5 rings (SSSR count). The van der Waals surface area contributed by atoms with E-state index in [1.807, 2.05) is 35.4 Å². The van der Waals surface area contributed by atoms with Gasteiger partial charge in [0.25, 0.3) is 0 Å². The minimum absolute atomic E-state index is 0.00564. The molecule has 1 fully saturated rings. The molecule has 6 nitrogen and oxygen atoms in total. The number of pyridine rings is 1. The van der Waals surface area contributed by atoms with Crippen LogP contribution in [-0.4, -0.2) is 38.0 Å². The van der Waals surface area contributed by atoms with Crippen molar-refractivity contribution in [3.05, 3.63) is 65.0 Å². The third-order valence-electron chi connectivity index (χ3n) is 9.04. The fraction of sp³-hybridized carbons (Fsp3) is 0.464. The summed E-state index contributed by atoms with van der Waals surface area (Å²) in [4.78, 5) is 31.8. The fourth-order valence-electron chi connectivity index (χ4n) is 6.14. The SMILES string of the molecule is CC1(C)[C@H](CC(=O)N2CCc3c(n(Cc4ccc(F)cc4F)c4ncccc34)C2)CC[C@]1(C)C(=O)O. The van der Waals surface area contributed by atoms with E-state index in [-0.39, 0.29) is 18.4 Å². The molecule has 0 radical (unpaired) electrons. The van der Waals surface area contributed by atoms with Crippen molar-refractivity contribution < 1.29 is 23.5 Å². The monoisotopic (exact) mass is 495 g/mol. The molecule has 2 atom stereocenters. The molecule has 0 saturated heterocycles. The van der Waals surface area contributed by atoms with Crippen LogP contribution in [0, 0.1) is 28.4 Å². The molecule has 0 bridgehead atoms. The molecule has 1 aliphatic heterocycles. The molecular formula is C28H31F2N3O3. The Morgan fingerprint density at radius 1 is 1.19 bits per heavy atom. The summed E-state index contributed by atoms with van der Waals surface area (Å²) in [6.45, 7) is 6.82. The number of hydrogen-bond donors (Lipinski definition) is 1. The first-order valence-corrected chi connectivity index (χ1v) is 12.4. The van der Waals surface area contributed by atoms with E-state index >= 15 is 0 Å². The van der Waals surface area contributed by atoms with Gasteiger partial charge in [0.05, 0.1) is 18.5 Å². The number of rotatable bonds is 5. The number of carboxylic acids is 1. The van der Waals surface area contributed by atoms with Crippen molar-refractivity contribution in [3.8, 4) is 0 Å². The Kier molecular flexibility index (Phi) is 5.88. The maximum Gasteiger partial charge on any atom is 0.309 e. The standard InChI is InChI=1S/C28H31F2N3O3/c1-27(2)18(8-10-28(27,3)26(35)36)13-24(34)32-12-9-20-21-5-4-11-31-25(21)33(23(20)16-32)15-17-6-7-19(29)14-22(17)30/h4-7,11,14,18H,8-10,12-13,15-16H2,1-3H3,(H,35,36)/t18-,28+/m0/s1. The molecule has 8 heteroatoms. The molecule has 0 unspecified atom stereocenters. The second kappa shape index (κ2) is 8.68. The van der Waals surface area contributed by atoms with Gasteiger partial charge in [-0.05, 0) is 61.3 Å². The highest BCUT2D eigenvalue weighted by molar-refractivity contribution is 5.84. The quantitative estimate of drug-likeness (QED) is 0.530. The van der Waals surface area contributed by atoms with Gasteiger partial charge in [-0.1, -0.05) is 19.9 Å². The first-order valence-electron chi connectivity index (χ1n) is 12.4. The molecule has 190 valence electrons. The second-order valence-electron chi connectivity index (χ2n) is 11.0. The van der Waals surface area contributed by atoms with Crippen molar-refractivity contribution >= 4 is 22.9 Å². The summed E-state index contributed by atoms with van der Waals surface area (Å²) >= 11 is 0. The molecular weight excluding hydrogens is 464 g/mol. The molecule has 2 aromatic heterocycles. The number of amides is 1. The summed E-state index contributed by atoms with van der Waals surface area (Å²) in [6, 6.07) is 7.42. The van der Waals surface area contributed by atoms with Crippen LogP contribution in [0.4, 0.5) is 8.78 Å². The lowest BCUT2D eigenvalue weighted by Gasteiger charge is -2.39. The topological polar surface area (TPSA) is 75.4 Å². The largest absolute Gasteiger partial charge is 0.481 e. The van der Waals surface area contributed by atoms with E-state index in [0.717, 1.165) is 28.4 Å². The number of nitrogens with zero attached hydrogens (tertiary/aromatic N) is 3. The van der Waals surface area contributed by atoms with Crippen LogP contribution in [0.5, 0.6) is 0 Å². The van der Waals surface area contributed by atoms with Crippen LogP contribution in [0.15, 0.2) is 36.5 Å². The molecule has 36 heavy (non-hydrogen) atoms. The second-order valence-corrected chi connectivity index (χ2v) is 11.0. The number of carbonyl (C=O) groups is 2. The van der Waals surface area contributed by atoms with Gasteiger partial charge in [-0.2, -0.15) is 0 Å². The maximum absolute atomic E-state index is 14.5. The molecule has 1 N–H and O–H groups in total. The van der Waals surface area contributed by atoms with Crippen LogP contribution in [-0.2, 0) is 29.1 Å². The first kappa shape index (κ1) is 24.4. The molecule has 3 heterocycles. The summed E-state index contributed by atoms with van der Waals surface area (Å²) in [7, 11) is 0. The van der Waals surface area contributed by atoms with Crippen molar-refractivity contribution in [2.45, 2.75) is 59.5 Å². The third kappa shape index (κ3) is 3.78. The minimum atomic E-state index is -0.857. The van der Waals surface area contributed by atoms with Gasteiger partial charge in [0.2, 0.25) is 5.91 Å². The Labute approximate surface area is 208 Å². The number of fused-ring (bicyclic) bond motifs is 3. The molecule has 1 aromatic carbocycles. The van der Waals surface area contributed by atoms with E-state index in [0.29, 0.717) is 44.3 Å². The van der Waals surface area contributed by atoms with Gasteiger partial charge >= 0.3 is 5.97 Å². The zero-order valence-electron chi connectivity index (χ0n) is 20.9. The van der Waals surface area contributed by atoms with E-state index in [2.05, 4.69) is 4.98 Å². The van der Waals surface area contributed by atoms with Crippen LogP contribution in [0.25, 0.3) is 11.0 Å². The van der Waals surface area contributed by atoms with Gasteiger partial charge < -0.3 is 14.6 Å². The van der Waals surface area contributed by atoms with E-state index in [1.165, 1.54) is 12.1 Å². The van der Waals surface area contributed by atoms with Gasteiger partial charge in [0.1, 0.15) is 17.3 Å². The Morgan fingerprint density at radius 2 is 1.97 bits per heavy atom. The van der Waals surface area contributed by atoms with Gasteiger partial charge in [0, 0.05) is 41.9 Å². The third-order valence-corrected chi connectivity index (χ3v) is 9.04. The van der Waals surface area contributed by atoms with E-state index in [9.17, 15) is 23.5 Å². The van der Waals surface area contributed by atoms with E-state index in [1.54, 1.807) is 13.1 Å². The summed E-state index contributed by atoms with van der Waals surface area (Å²) in [5.41, 5.74) is 1.72. The average molecular weight is 496 g/mol. The Bertz CT molecular complexity index is 1370. The molecule has 2 aliphatic rings. The normalized spacial score (nSPS) is 23.1. The lowest BCUT2D eigenvalue weighted by molar-refractivity contribution is -0.155. The number of benzene rings is 1. The van der Waals surface area contributed by atoms with Crippen molar-refractivity contribution in [1.82, 2.24) is 14.5 Å². The van der Waals surface area contributed by atoms with Crippen LogP contribution < -0.4 is 0 Å². The number of aliphatic carboxylic acids is 1. The molecule has 1 amide bonds. The highest BCUT2D eigenvalue weighted by atomic mass is 19.1. The van der Waals surface area contributed by atoms with Gasteiger partial charge in [-0.15, -0.1) is 0 Å². The molecule has 1 aliphatic carbocycles. The predicted molar refractivity (Wildman–Crippen MR) is 131 cm³/mol. The molecule has 1 saturated carbocycles. The lowest BCUT2D eigenvalue weighted by Crippen LogP contribution is -2.43. The number of aromatic nitrogens is 2. The van der Waals surface area contributed by atoms with E-state index in [4.69, 9.17) is 0 Å². The highest BCUT2D eigenvalue weighted by Crippen LogP contribution is 2.57. The molecule has 0 spiro atoms. The first-order chi connectivity index (χ1) is 17.0. The zero-order chi connectivity index (χ0) is 25.8. The van der Waals surface area contributed by atoms with Crippen molar-refractivity contribution in [2.24, 2.45) is 16.7 Å². The number of carboxylic acid groups (broad SMARTS) is 1. The van der Waals surface area contributed by atoms with Gasteiger partial charge in [-0.25, -0.2) is 13.8 Å². The van der Waals surface area contributed by atoms with Crippen LogP contribution >= 0.6 is 0 Å². The Hall–Kier alpha value is -3.29. The molecule has 3 aromatic rings. The summed E-state index contributed by atoms with van der Waals surface area (Å²) in [6.07, 6.45) is 3.91. The van der Waals surface area contributed by atoms with E-state index < -0.39 is 28.4 Å². The Morgan fingerprint density at radius 3 is 2.67 bits per heavy atom. The lowest BCUT2D eigenvalue weighted by atomic mass is 9.65. The van der Waals surface area contributed by atoms with Gasteiger partial charge in [-0.3, -0.25) is 9.59 Å². The summed E-state index contributed by atoms with van der Waals surface area (Å²) in [5.74, 6) is -2.07. The van der Waals surface area contributed by atoms with Crippen molar-refractivity contribution in [2.75, 3.05) is 6.54 Å². The fourth-order valence-corrected chi connectivity index (χ4v) is 6.14. The summed E-state index contributed by atoms with van der Waals surface area (Å²) < 4.78 is 29.9. The number of halogens is 2. The smallest absolute Gasteiger partial charge is 0.309 e. The predicted octanol–water partition coefficient (Wildman–Crippen LogP) is 5.16.